The molecule has 1 amide bonds. The Morgan fingerprint density at radius 2 is 2.03 bits per heavy atom. The normalized spacial score (nSPS) is 18.2. The predicted molar refractivity (Wildman–Crippen MR) is 116 cm³/mol. The summed E-state index contributed by atoms with van der Waals surface area (Å²) in [5.41, 5.74) is 1.50. The van der Waals surface area contributed by atoms with E-state index >= 15 is 0 Å². The molecule has 0 aliphatic carbocycles. The number of likely N-dealkylation sites (tertiary alicyclic amines) is 1. The van der Waals surface area contributed by atoms with Crippen LogP contribution in [0.5, 0.6) is 5.75 Å². The number of nitrogens with zero attached hydrogens (tertiary/aromatic N) is 3. The van der Waals surface area contributed by atoms with Gasteiger partial charge in [0.05, 0.1) is 6.67 Å². The van der Waals surface area contributed by atoms with Crippen LogP contribution in [0.3, 0.4) is 0 Å². The van der Waals surface area contributed by atoms with Crippen LogP contribution in [0, 0.1) is 5.82 Å². The number of carbonyl (C=O) groups excluding carboxylic acids is 1. The van der Waals surface area contributed by atoms with Crippen molar-refractivity contribution >= 4 is 23.2 Å². The molecule has 7 heteroatoms. The molecule has 2 aliphatic rings. The molecule has 30 heavy (non-hydrogen) atoms. The number of hydrogen-bond acceptors (Lipinski definition) is 4. The third-order valence-corrected chi connectivity index (χ3v) is 5.69. The minimum absolute atomic E-state index is 0.00778. The van der Waals surface area contributed by atoms with Crippen molar-refractivity contribution in [2.24, 2.45) is 0 Å². The molecule has 0 radical (unpaired) electrons. The topological polar surface area (TPSA) is 36.0 Å². The second-order valence-electron chi connectivity index (χ2n) is 7.37. The second kappa shape index (κ2) is 8.79. The second-order valence-corrected chi connectivity index (χ2v) is 7.81. The molecule has 0 spiro atoms. The summed E-state index contributed by atoms with van der Waals surface area (Å²) >= 11 is 5.78. The molecule has 0 aromatic heterocycles. The first-order valence-electron chi connectivity index (χ1n) is 9.82. The first-order chi connectivity index (χ1) is 14.5. The summed E-state index contributed by atoms with van der Waals surface area (Å²) in [6, 6.07) is 12.6. The number of rotatable bonds is 6. The zero-order valence-electron chi connectivity index (χ0n) is 16.5. The maximum absolute atomic E-state index is 13.9. The monoisotopic (exact) mass is 427 g/mol. The van der Waals surface area contributed by atoms with Crippen LogP contribution in [0.4, 0.5) is 10.1 Å². The first-order valence-corrected chi connectivity index (χ1v) is 10.2. The van der Waals surface area contributed by atoms with Crippen molar-refractivity contribution in [3.8, 4) is 5.75 Å². The molecule has 2 aromatic carbocycles. The third kappa shape index (κ3) is 4.44. The van der Waals surface area contributed by atoms with Gasteiger partial charge < -0.3 is 19.4 Å². The molecule has 4 rings (SSSR count). The molecule has 2 aliphatic heterocycles. The van der Waals surface area contributed by atoms with Crippen LogP contribution in [0.25, 0.3) is 0 Å². The van der Waals surface area contributed by atoms with Crippen molar-refractivity contribution < 1.29 is 13.9 Å². The Bertz CT molecular complexity index is 963. The van der Waals surface area contributed by atoms with Gasteiger partial charge in [-0.05, 0) is 48.9 Å². The van der Waals surface area contributed by atoms with Gasteiger partial charge in [0.15, 0.2) is 0 Å². The fourth-order valence-electron chi connectivity index (χ4n) is 3.72. The fourth-order valence-corrected chi connectivity index (χ4v) is 3.88. The van der Waals surface area contributed by atoms with Crippen molar-refractivity contribution in [2.75, 3.05) is 24.7 Å². The first kappa shape index (κ1) is 20.3. The van der Waals surface area contributed by atoms with Crippen molar-refractivity contribution in [3.05, 3.63) is 83.9 Å². The van der Waals surface area contributed by atoms with E-state index in [-0.39, 0.29) is 18.3 Å². The van der Waals surface area contributed by atoms with Crippen molar-refractivity contribution in [1.82, 2.24) is 9.80 Å². The molecule has 0 saturated carbocycles. The lowest BCUT2D eigenvalue weighted by molar-refractivity contribution is -0.125. The zero-order chi connectivity index (χ0) is 21.1. The molecule has 5 nitrogen and oxygen atoms in total. The van der Waals surface area contributed by atoms with Crippen molar-refractivity contribution in [2.45, 2.75) is 19.1 Å². The summed E-state index contributed by atoms with van der Waals surface area (Å²) in [7, 11) is 0. The summed E-state index contributed by atoms with van der Waals surface area (Å²) in [6.45, 7) is 5.92. The predicted octanol–water partition coefficient (Wildman–Crippen LogP) is 4.40. The van der Waals surface area contributed by atoms with Crippen LogP contribution in [0.1, 0.15) is 12.0 Å². The smallest absolute Gasteiger partial charge is 0.246 e. The molecule has 2 heterocycles. The number of anilines is 1. The van der Waals surface area contributed by atoms with Crippen molar-refractivity contribution in [3.63, 3.8) is 0 Å². The van der Waals surface area contributed by atoms with E-state index in [9.17, 15) is 9.18 Å². The van der Waals surface area contributed by atoms with E-state index in [1.807, 2.05) is 35.4 Å². The molecule has 1 atom stereocenters. The maximum atomic E-state index is 13.9. The maximum Gasteiger partial charge on any atom is 0.246 e. The number of carbonyl (C=O) groups is 1. The number of halogens is 2. The van der Waals surface area contributed by atoms with Gasteiger partial charge in [0.2, 0.25) is 5.91 Å². The highest BCUT2D eigenvalue weighted by Gasteiger charge is 2.30. The highest BCUT2D eigenvalue weighted by molar-refractivity contribution is 6.30. The number of benzene rings is 2. The Labute approximate surface area is 180 Å². The highest BCUT2D eigenvalue weighted by Crippen LogP contribution is 2.26. The Morgan fingerprint density at radius 3 is 2.77 bits per heavy atom. The van der Waals surface area contributed by atoms with E-state index in [0.29, 0.717) is 22.4 Å². The Balaban J connectivity index is 1.31. The summed E-state index contributed by atoms with van der Waals surface area (Å²) in [5.74, 6) is 0.288. The molecule has 1 saturated heterocycles. The highest BCUT2D eigenvalue weighted by atomic mass is 35.5. The molecular formula is C23H23ClFN3O2. The van der Waals surface area contributed by atoms with Gasteiger partial charge in [0, 0.05) is 47.8 Å². The summed E-state index contributed by atoms with van der Waals surface area (Å²) < 4.78 is 19.6. The lowest BCUT2D eigenvalue weighted by atomic mass is 10.2. The van der Waals surface area contributed by atoms with Gasteiger partial charge in [0.1, 0.15) is 18.2 Å². The van der Waals surface area contributed by atoms with Crippen LogP contribution >= 0.6 is 11.6 Å². The molecule has 0 N–H and O–H groups in total. The summed E-state index contributed by atoms with van der Waals surface area (Å²) in [5, 5.41) is 0.367. The van der Waals surface area contributed by atoms with Gasteiger partial charge in [0.25, 0.3) is 0 Å². The SMILES string of the molecule is C=CC(=O)N1CC[C@@H](N2C=CN(c3ccc(OCc4ccc(Cl)cc4F)cc3)C2)C1. The van der Waals surface area contributed by atoms with E-state index in [1.54, 1.807) is 12.1 Å². The average molecular weight is 428 g/mol. The van der Waals surface area contributed by atoms with Gasteiger partial charge in [-0.25, -0.2) is 4.39 Å². The fraction of sp³-hybridized carbons (Fsp3) is 0.261. The lowest BCUT2D eigenvalue weighted by Crippen LogP contribution is -2.37. The van der Waals surface area contributed by atoms with Gasteiger partial charge in [-0.2, -0.15) is 0 Å². The Kier molecular flexibility index (Phi) is 5.95. The average Bonchev–Trinajstić information content (AvgIpc) is 3.43. The number of ether oxygens (including phenoxy) is 1. The minimum atomic E-state index is -0.373. The van der Waals surface area contributed by atoms with Crippen LogP contribution in [-0.2, 0) is 11.4 Å². The molecule has 156 valence electrons. The van der Waals surface area contributed by atoms with Crippen molar-refractivity contribution in [1.29, 1.82) is 0 Å². The van der Waals surface area contributed by atoms with Gasteiger partial charge in [-0.1, -0.05) is 24.2 Å². The summed E-state index contributed by atoms with van der Waals surface area (Å²) in [6.07, 6.45) is 6.43. The quantitative estimate of drug-likeness (QED) is 0.640. The van der Waals surface area contributed by atoms with Crippen LogP contribution in [0.2, 0.25) is 5.02 Å². The van der Waals surface area contributed by atoms with E-state index < -0.39 is 0 Å². The standard InChI is InChI=1S/C23H23ClFN3O2/c1-2-23(29)26-10-9-20(14-26)28-12-11-27(16-28)19-5-7-21(8-6-19)30-15-17-3-4-18(24)13-22(17)25/h2-8,11-13,20H,1,9-10,14-16H2/t20-/m1/s1. The van der Waals surface area contributed by atoms with Gasteiger partial charge in [-0.15, -0.1) is 0 Å². The van der Waals surface area contributed by atoms with E-state index in [4.69, 9.17) is 16.3 Å². The molecule has 1 fully saturated rings. The molecule has 0 unspecified atom stereocenters. The lowest BCUT2D eigenvalue weighted by Gasteiger charge is -2.26. The van der Waals surface area contributed by atoms with Crippen LogP contribution < -0.4 is 9.64 Å². The van der Waals surface area contributed by atoms with E-state index in [0.717, 1.165) is 31.9 Å². The third-order valence-electron chi connectivity index (χ3n) is 5.45. The minimum Gasteiger partial charge on any atom is -0.489 e. The van der Waals surface area contributed by atoms with Crippen LogP contribution in [0.15, 0.2) is 67.5 Å². The van der Waals surface area contributed by atoms with E-state index in [2.05, 4.69) is 22.6 Å². The largest absolute Gasteiger partial charge is 0.489 e. The Morgan fingerprint density at radius 1 is 1.23 bits per heavy atom. The Hall–Kier alpha value is -2.99. The molecular weight excluding hydrogens is 405 g/mol. The zero-order valence-corrected chi connectivity index (χ0v) is 17.3. The van der Waals surface area contributed by atoms with Crippen LogP contribution in [-0.4, -0.2) is 41.5 Å². The number of amides is 1. The van der Waals surface area contributed by atoms with Gasteiger partial charge in [-0.3, -0.25) is 4.79 Å². The van der Waals surface area contributed by atoms with Gasteiger partial charge >= 0.3 is 0 Å². The van der Waals surface area contributed by atoms with E-state index in [1.165, 1.54) is 12.1 Å². The summed E-state index contributed by atoms with van der Waals surface area (Å²) in [4.78, 5) is 18.0. The number of hydrogen-bond donors (Lipinski definition) is 0. The molecule has 2 aromatic rings. The molecule has 0 bridgehead atoms.